The Morgan fingerprint density at radius 1 is 1.32 bits per heavy atom. The molecule has 0 aromatic heterocycles. The van der Waals surface area contributed by atoms with Crippen molar-refractivity contribution in [3.8, 4) is 0 Å². The van der Waals surface area contributed by atoms with Crippen molar-refractivity contribution >= 4 is 17.7 Å². The van der Waals surface area contributed by atoms with Crippen LogP contribution in [0.2, 0.25) is 0 Å². The zero-order valence-electron chi connectivity index (χ0n) is 11.1. The Morgan fingerprint density at radius 2 is 2.05 bits per heavy atom. The van der Waals surface area contributed by atoms with Crippen LogP contribution in [0.1, 0.15) is 39.0 Å². The minimum absolute atomic E-state index is 0.0567. The van der Waals surface area contributed by atoms with Gasteiger partial charge in [-0.15, -0.1) is 0 Å². The fourth-order valence-electron chi connectivity index (χ4n) is 2.99. The summed E-state index contributed by atoms with van der Waals surface area (Å²) in [6, 6.07) is -0.528. The highest BCUT2D eigenvalue weighted by Gasteiger charge is 2.33. The maximum absolute atomic E-state index is 12.2. The number of imide groups is 1. The summed E-state index contributed by atoms with van der Waals surface area (Å²) < 4.78 is 0. The monoisotopic (exact) mass is 267 g/mol. The molecular formula is C13H21N3O3. The molecule has 0 bridgehead atoms. The highest BCUT2D eigenvalue weighted by atomic mass is 16.2. The van der Waals surface area contributed by atoms with Gasteiger partial charge in [0, 0.05) is 18.4 Å². The maximum atomic E-state index is 12.2. The Morgan fingerprint density at radius 3 is 2.68 bits per heavy atom. The van der Waals surface area contributed by atoms with Crippen molar-refractivity contribution in [2.75, 3.05) is 0 Å². The van der Waals surface area contributed by atoms with E-state index in [-0.39, 0.29) is 30.2 Å². The van der Waals surface area contributed by atoms with Gasteiger partial charge >= 0.3 is 0 Å². The minimum Gasteiger partial charge on any atom is -0.344 e. The van der Waals surface area contributed by atoms with Gasteiger partial charge in [0.05, 0.1) is 0 Å². The lowest BCUT2D eigenvalue weighted by molar-refractivity contribution is -0.138. The summed E-state index contributed by atoms with van der Waals surface area (Å²) in [5.74, 6) is -0.483. The SMILES string of the molecule is CC1CC(N)CC(C(=O)NC2CCC(=O)NC2=O)C1. The molecule has 3 amide bonds. The normalized spacial score (nSPS) is 35.7. The predicted molar refractivity (Wildman–Crippen MR) is 68.8 cm³/mol. The molecule has 4 atom stereocenters. The third-order valence-corrected chi connectivity index (χ3v) is 3.91. The van der Waals surface area contributed by atoms with Crippen LogP contribution in [0.4, 0.5) is 0 Å². The third-order valence-electron chi connectivity index (χ3n) is 3.91. The van der Waals surface area contributed by atoms with Crippen LogP contribution in [-0.2, 0) is 14.4 Å². The molecule has 2 rings (SSSR count). The predicted octanol–water partition coefficient (Wildman–Crippen LogP) is -0.329. The van der Waals surface area contributed by atoms with E-state index in [1.54, 1.807) is 0 Å². The summed E-state index contributed by atoms with van der Waals surface area (Å²) in [4.78, 5) is 34.8. The van der Waals surface area contributed by atoms with Crippen LogP contribution in [0.25, 0.3) is 0 Å². The average Bonchev–Trinajstić information content (AvgIpc) is 2.31. The van der Waals surface area contributed by atoms with Gasteiger partial charge < -0.3 is 11.1 Å². The average molecular weight is 267 g/mol. The van der Waals surface area contributed by atoms with Crippen LogP contribution in [-0.4, -0.2) is 29.8 Å². The minimum atomic E-state index is -0.585. The number of nitrogens with one attached hydrogen (secondary N) is 2. The van der Waals surface area contributed by atoms with E-state index in [1.165, 1.54) is 0 Å². The molecule has 0 radical (unpaired) electrons. The number of piperidine rings is 1. The molecule has 1 saturated carbocycles. The molecular weight excluding hydrogens is 246 g/mol. The van der Waals surface area contributed by atoms with Gasteiger partial charge in [-0.05, 0) is 31.6 Å². The standard InChI is InChI=1S/C13H21N3O3/c1-7-4-8(6-9(14)5-7)12(18)15-10-2-3-11(17)16-13(10)19/h7-10H,2-6,14H2,1H3,(H,15,18)(H,16,17,19). The van der Waals surface area contributed by atoms with Crippen molar-refractivity contribution in [1.29, 1.82) is 0 Å². The second-order valence-corrected chi connectivity index (χ2v) is 5.78. The van der Waals surface area contributed by atoms with Crippen molar-refractivity contribution in [3.05, 3.63) is 0 Å². The maximum Gasteiger partial charge on any atom is 0.249 e. The van der Waals surface area contributed by atoms with E-state index in [1.807, 2.05) is 0 Å². The summed E-state index contributed by atoms with van der Waals surface area (Å²) in [6.45, 7) is 2.09. The van der Waals surface area contributed by atoms with E-state index in [0.717, 1.165) is 12.8 Å². The van der Waals surface area contributed by atoms with Gasteiger partial charge in [0.25, 0.3) is 0 Å². The van der Waals surface area contributed by atoms with Gasteiger partial charge in [0.1, 0.15) is 6.04 Å². The molecule has 4 unspecified atom stereocenters. The zero-order valence-corrected chi connectivity index (χ0v) is 11.1. The van der Waals surface area contributed by atoms with Crippen LogP contribution in [0.15, 0.2) is 0 Å². The number of rotatable bonds is 2. The lowest BCUT2D eigenvalue weighted by atomic mass is 9.79. The molecule has 1 heterocycles. The molecule has 0 aromatic rings. The number of hydrogen-bond donors (Lipinski definition) is 3. The first-order valence-electron chi connectivity index (χ1n) is 6.85. The molecule has 2 aliphatic rings. The summed E-state index contributed by atoms with van der Waals surface area (Å²) in [7, 11) is 0. The molecule has 0 aromatic carbocycles. The van der Waals surface area contributed by atoms with Crippen LogP contribution in [0.5, 0.6) is 0 Å². The highest BCUT2D eigenvalue weighted by Crippen LogP contribution is 2.28. The highest BCUT2D eigenvalue weighted by molar-refractivity contribution is 6.01. The molecule has 6 heteroatoms. The van der Waals surface area contributed by atoms with E-state index in [0.29, 0.717) is 18.8 Å². The van der Waals surface area contributed by atoms with Gasteiger partial charge in [0.15, 0.2) is 0 Å². The van der Waals surface area contributed by atoms with Gasteiger partial charge in [-0.1, -0.05) is 6.92 Å². The quantitative estimate of drug-likeness (QED) is 0.596. The topological polar surface area (TPSA) is 101 Å². The lowest BCUT2D eigenvalue weighted by Gasteiger charge is -2.31. The Labute approximate surface area is 112 Å². The molecule has 1 saturated heterocycles. The van der Waals surface area contributed by atoms with Crippen LogP contribution in [0.3, 0.4) is 0 Å². The van der Waals surface area contributed by atoms with Gasteiger partial charge in [-0.25, -0.2) is 0 Å². The first kappa shape index (κ1) is 14.0. The largest absolute Gasteiger partial charge is 0.344 e. The molecule has 1 aliphatic heterocycles. The van der Waals surface area contributed by atoms with Crippen LogP contribution < -0.4 is 16.4 Å². The third kappa shape index (κ3) is 3.53. The summed E-state index contributed by atoms with van der Waals surface area (Å²) in [5, 5.41) is 4.98. The van der Waals surface area contributed by atoms with E-state index in [9.17, 15) is 14.4 Å². The summed E-state index contributed by atoms with van der Waals surface area (Å²) in [5.41, 5.74) is 5.93. The van der Waals surface area contributed by atoms with Gasteiger partial charge in [-0.2, -0.15) is 0 Å². The molecule has 2 fully saturated rings. The lowest BCUT2D eigenvalue weighted by Crippen LogP contribution is -2.54. The molecule has 106 valence electrons. The van der Waals surface area contributed by atoms with Crippen molar-refractivity contribution in [2.24, 2.45) is 17.6 Å². The fraction of sp³-hybridized carbons (Fsp3) is 0.769. The first-order valence-corrected chi connectivity index (χ1v) is 6.85. The van der Waals surface area contributed by atoms with Crippen LogP contribution in [0, 0.1) is 11.8 Å². The zero-order chi connectivity index (χ0) is 14.0. The second-order valence-electron chi connectivity index (χ2n) is 5.78. The first-order chi connectivity index (χ1) is 8.95. The number of carbonyl (C=O) groups is 3. The van der Waals surface area contributed by atoms with Gasteiger partial charge in [-0.3, -0.25) is 19.7 Å². The van der Waals surface area contributed by atoms with E-state index < -0.39 is 11.9 Å². The van der Waals surface area contributed by atoms with E-state index >= 15 is 0 Å². The Bertz CT molecular complexity index is 387. The number of amides is 3. The van der Waals surface area contributed by atoms with Gasteiger partial charge in [0.2, 0.25) is 17.7 Å². The number of hydrogen-bond acceptors (Lipinski definition) is 4. The van der Waals surface area contributed by atoms with E-state index in [4.69, 9.17) is 5.73 Å². The van der Waals surface area contributed by atoms with Crippen molar-refractivity contribution in [1.82, 2.24) is 10.6 Å². The van der Waals surface area contributed by atoms with Crippen molar-refractivity contribution in [2.45, 2.75) is 51.1 Å². The molecule has 0 spiro atoms. The molecule has 4 N–H and O–H groups in total. The summed E-state index contributed by atoms with van der Waals surface area (Å²) in [6.07, 6.45) is 3.08. The van der Waals surface area contributed by atoms with Crippen molar-refractivity contribution in [3.63, 3.8) is 0 Å². The number of nitrogens with two attached hydrogens (primary N) is 1. The Balaban J connectivity index is 1.90. The second kappa shape index (κ2) is 5.69. The Kier molecular flexibility index (Phi) is 4.19. The molecule has 6 nitrogen and oxygen atoms in total. The molecule has 1 aliphatic carbocycles. The molecule has 19 heavy (non-hydrogen) atoms. The van der Waals surface area contributed by atoms with E-state index in [2.05, 4.69) is 17.6 Å². The smallest absolute Gasteiger partial charge is 0.249 e. The van der Waals surface area contributed by atoms with Crippen LogP contribution >= 0.6 is 0 Å². The fourth-order valence-corrected chi connectivity index (χ4v) is 2.99. The van der Waals surface area contributed by atoms with Crippen molar-refractivity contribution < 1.29 is 14.4 Å². The number of carbonyl (C=O) groups excluding carboxylic acids is 3. The summed E-state index contributed by atoms with van der Waals surface area (Å²) >= 11 is 0. The Hall–Kier alpha value is -1.43.